The Morgan fingerprint density at radius 3 is 1.46 bits per heavy atom. The van der Waals surface area contributed by atoms with Crippen molar-refractivity contribution >= 4 is 85.6 Å². The normalized spacial score (nSPS) is 11.8. The molecule has 3 heterocycles. The average molecular weight is 883 g/mol. The minimum absolute atomic E-state index is 0.560. The summed E-state index contributed by atoms with van der Waals surface area (Å²) < 4.78 is 4.90. The van der Waals surface area contributed by atoms with Gasteiger partial charge in [0, 0.05) is 53.0 Å². The van der Waals surface area contributed by atoms with Crippen LogP contribution in [0.1, 0.15) is 0 Å². The number of fused-ring (bicyclic) bond motifs is 13. The van der Waals surface area contributed by atoms with Crippen molar-refractivity contribution in [3.8, 4) is 62.1 Å². The van der Waals surface area contributed by atoms with Crippen LogP contribution in [0.2, 0.25) is 0 Å². The van der Waals surface area contributed by atoms with Crippen LogP contribution in [0.5, 0.6) is 0 Å². The van der Waals surface area contributed by atoms with Crippen molar-refractivity contribution in [3.05, 3.63) is 231 Å². The molecule has 0 N–H and O–H groups in total. The molecule has 0 atom stereocenters. The largest absolute Gasteiger partial charge is 0.277 e. The van der Waals surface area contributed by atoms with Crippen LogP contribution in [0, 0.1) is 0 Å². The Morgan fingerprint density at radius 2 is 0.794 bits per heavy atom. The number of rotatable bonds is 6. The highest BCUT2D eigenvalue weighted by Gasteiger charge is 2.25. The van der Waals surface area contributed by atoms with E-state index in [9.17, 15) is 0 Å². The Bertz CT molecular complexity index is 4190. The lowest BCUT2D eigenvalue weighted by Crippen LogP contribution is -2.07. The van der Waals surface area contributed by atoms with E-state index in [0.717, 1.165) is 66.3 Å². The van der Waals surface area contributed by atoms with Gasteiger partial charge in [-0.3, -0.25) is 4.57 Å². The molecule has 0 aliphatic carbocycles. The summed E-state index contributed by atoms with van der Waals surface area (Å²) in [5, 5.41) is 12.1. The van der Waals surface area contributed by atoms with Gasteiger partial charge in [-0.25, -0.2) is 4.98 Å². The average Bonchev–Trinajstić information content (AvgIpc) is 3.98. The van der Waals surface area contributed by atoms with Gasteiger partial charge in [0.25, 0.3) is 0 Å². The third kappa shape index (κ3) is 6.10. The third-order valence-corrected chi connectivity index (χ3v) is 14.8. The van der Waals surface area contributed by atoms with Gasteiger partial charge in [-0.2, -0.15) is 9.97 Å². The molecule has 316 valence electrons. The summed E-state index contributed by atoms with van der Waals surface area (Å²) in [6.45, 7) is 0. The lowest BCUT2D eigenvalue weighted by atomic mass is 9.95. The Balaban J connectivity index is 1.08. The number of para-hydroxylation sites is 1. The van der Waals surface area contributed by atoms with Crippen LogP contribution in [0.3, 0.4) is 0 Å². The fourth-order valence-corrected chi connectivity index (χ4v) is 11.6. The van der Waals surface area contributed by atoms with E-state index < -0.39 is 0 Å². The summed E-state index contributed by atoms with van der Waals surface area (Å²) in [5.41, 5.74) is 10.8. The topological polar surface area (TPSA) is 43.6 Å². The molecule has 11 aromatic carbocycles. The Hall–Kier alpha value is -8.77. The minimum atomic E-state index is 0.560. The van der Waals surface area contributed by atoms with Crippen molar-refractivity contribution in [3.63, 3.8) is 0 Å². The zero-order valence-corrected chi connectivity index (χ0v) is 37.5. The fraction of sp³-hybridized carbons (Fsp3) is 0. The van der Waals surface area contributed by atoms with Gasteiger partial charge < -0.3 is 0 Å². The molecule has 3 aromatic heterocycles. The monoisotopic (exact) mass is 882 g/mol. The van der Waals surface area contributed by atoms with E-state index in [0.29, 0.717) is 17.6 Å². The van der Waals surface area contributed by atoms with Crippen molar-refractivity contribution in [2.75, 3.05) is 0 Å². The van der Waals surface area contributed by atoms with E-state index in [-0.39, 0.29) is 0 Å². The van der Waals surface area contributed by atoms with Crippen molar-refractivity contribution in [2.24, 2.45) is 0 Å². The SMILES string of the molecule is c1ccc(-c2ccc(-c3nc(-c4ccc(-c5ccccc5)cc4)nc(-n4c5c(-c6ccc7sc8ccc9ccccc9c8c7c6)cccc5c5c6ccccc6c6ccccc6c54)n3)cc2)cc1. The van der Waals surface area contributed by atoms with E-state index >= 15 is 0 Å². The molecule has 14 rings (SSSR count). The first-order valence-corrected chi connectivity index (χ1v) is 23.8. The fourth-order valence-electron chi connectivity index (χ4n) is 10.5. The lowest BCUT2D eigenvalue weighted by molar-refractivity contribution is 0.955. The molecule has 0 unspecified atom stereocenters. The number of benzene rings is 11. The summed E-state index contributed by atoms with van der Waals surface area (Å²) >= 11 is 1.86. The van der Waals surface area contributed by atoms with E-state index in [1.807, 2.05) is 11.3 Å². The second kappa shape index (κ2) is 15.4. The van der Waals surface area contributed by atoms with Crippen molar-refractivity contribution in [1.82, 2.24) is 19.5 Å². The molecule has 0 spiro atoms. The number of aromatic nitrogens is 4. The molecule has 0 aliphatic rings. The first-order chi connectivity index (χ1) is 33.7. The smallest absolute Gasteiger partial charge is 0.238 e. The zero-order chi connectivity index (χ0) is 44.7. The molecule has 0 saturated carbocycles. The summed E-state index contributed by atoms with van der Waals surface area (Å²) in [7, 11) is 0. The van der Waals surface area contributed by atoms with Gasteiger partial charge >= 0.3 is 0 Å². The van der Waals surface area contributed by atoms with Gasteiger partial charge in [0.15, 0.2) is 11.6 Å². The quantitative estimate of drug-likeness (QED) is 0.156. The zero-order valence-electron chi connectivity index (χ0n) is 36.6. The summed E-state index contributed by atoms with van der Waals surface area (Å²) in [6.07, 6.45) is 0. The molecule has 0 aliphatic heterocycles. The van der Waals surface area contributed by atoms with Gasteiger partial charge in [-0.05, 0) is 72.9 Å². The standard InChI is InChI=1S/C63H38N4S/c1-3-14-39(15-4-1)41-26-30-44(31-27-41)61-64-62(45-32-28-42(29-33-45)40-16-5-2-6-17-40)66-63(65-61)67-59-48(46-35-36-55-54(38-46)57-47-19-8-7-18-43(47)34-37-56(57)68-55)24-13-25-53(59)58-51-22-11-9-20-49(51)50-21-10-12-23-52(50)60(58)67/h1-38H. The summed E-state index contributed by atoms with van der Waals surface area (Å²) in [5.74, 6) is 1.77. The second-order valence-corrected chi connectivity index (χ2v) is 18.6. The van der Waals surface area contributed by atoms with Crippen LogP contribution in [-0.4, -0.2) is 19.5 Å². The predicted octanol–water partition coefficient (Wildman–Crippen LogP) is 17.1. The minimum Gasteiger partial charge on any atom is -0.277 e. The molecular weight excluding hydrogens is 845 g/mol. The molecule has 14 aromatic rings. The molecule has 0 bridgehead atoms. The Morgan fingerprint density at radius 1 is 0.294 bits per heavy atom. The molecule has 0 amide bonds. The highest BCUT2D eigenvalue weighted by atomic mass is 32.1. The van der Waals surface area contributed by atoms with E-state index in [1.165, 1.54) is 52.5 Å². The van der Waals surface area contributed by atoms with Crippen molar-refractivity contribution < 1.29 is 0 Å². The molecule has 5 heteroatoms. The lowest BCUT2D eigenvalue weighted by Gasteiger charge is -2.15. The summed E-state index contributed by atoms with van der Waals surface area (Å²) in [4.78, 5) is 16.3. The van der Waals surface area contributed by atoms with E-state index in [2.05, 4.69) is 235 Å². The first-order valence-electron chi connectivity index (χ1n) is 23.0. The van der Waals surface area contributed by atoms with Crippen LogP contribution in [-0.2, 0) is 0 Å². The highest BCUT2D eigenvalue weighted by Crippen LogP contribution is 2.46. The van der Waals surface area contributed by atoms with Crippen molar-refractivity contribution in [1.29, 1.82) is 0 Å². The van der Waals surface area contributed by atoms with Gasteiger partial charge in [0.05, 0.1) is 11.0 Å². The maximum Gasteiger partial charge on any atom is 0.238 e. The Kier molecular flexibility index (Phi) is 8.73. The van der Waals surface area contributed by atoms with Crippen LogP contribution < -0.4 is 0 Å². The number of hydrogen-bond acceptors (Lipinski definition) is 4. The van der Waals surface area contributed by atoms with Crippen LogP contribution >= 0.6 is 11.3 Å². The van der Waals surface area contributed by atoms with Crippen LogP contribution in [0.15, 0.2) is 231 Å². The Labute approximate surface area is 395 Å². The van der Waals surface area contributed by atoms with Gasteiger partial charge in [-0.1, -0.05) is 212 Å². The molecule has 4 nitrogen and oxygen atoms in total. The maximum absolute atomic E-state index is 5.52. The molecule has 0 saturated heterocycles. The molecule has 0 radical (unpaired) electrons. The van der Waals surface area contributed by atoms with Gasteiger partial charge in [-0.15, -0.1) is 11.3 Å². The number of hydrogen-bond donors (Lipinski definition) is 0. The maximum atomic E-state index is 5.52. The second-order valence-electron chi connectivity index (χ2n) is 17.5. The highest BCUT2D eigenvalue weighted by molar-refractivity contribution is 7.26. The van der Waals surface area contributed by atoms with E-state index in [1.54, 1.807) is 0 Å². The molecular formula is C63H38N4S. The third-order valence-electron chi connectivity index (χ3n) is 13.7. The summed E-state index contributed by atoms with van der Waals surface area (Å²) in [6, 6.07) is 82.7. The molecule has 68 heavy (non-hydrogen) atoms. The van der Waals surface area contributed by atoms with Gasteiger partial charge in [0.2, 0.25) is 5.95 Å². The number of thiophene rings is 1. The van der Waals surface area contributed by atoms with Gasteiger partial charge in [0.1, 0.15) is 0 Å². The van der Waals surface area contributed by atoms with Crippen LogP contribution in [0.4, 0.5) is 0 Å². The van der Waals surface area contributed by atoms with E-state index in [4.69, 9.17) is 15.0 Å². The molecule has 0 fully saturated rings. The van der Waals surface area contributed by atoms with Crippen LogP contribution in [0.25, 0.3) is 136 Å². The van der Waals surface area contributed by atoms with Crippen molar-refractivity contribution in [2.45, 2.75) is 0 Å². The number of nitrogens with zero attached hydrogens (tertiary/aromatic N) is 4. The first kappa shape index (κ1) is 38.5. The predicted molar refractivity (Wildman–Crippen MR) is 287 cm³/mol.